The number of rotatable bonds is 7. The van der Waals surface area contributed by atoms with Crippen LogP contribution < -0.4 is 10.1 Å². The van der Waals surface area contributed by atoms with E-state index in [0.717, 1.165) is 42.9 Å². The van der Waals surface area contributed by atoms with E-state index in [2.05, 4.69) is 28.0 Å². The Kier molecular flexibility index (Phi) is 5.30. The first-order valence-corrected chi connectivity index (χ1v) is 9.40. The minimum absolute atomic E-state index is 0.290. The van der Waals surface area contributed by atoms with Gasteiger partial charge in [0.05, 0.1) is 11.9 Å². The summed E-state index contributed by atoms with van der Waals surface area (Å²) in [6.07, 6.45) is 8.84. The molecule has 1 unspecified atom stereocenters. The molecule has 1 atom stereocenters. The quantitative estimate of drug-likeness (QED) is 0.647. The summed E-state index contributed by atoms with van der Waals surface area (Å²) in [5.41, 5.74) is 3.69. The lowest BCUT2D eigenvalue weighted by Crippen LogP contribution is -2.25. The lowest BCUT2D eigenvalue weighted by atomic mass is 9.92. The van der Waals surface area contributed by atoms with E-state index >= 15 is 0 Å². The molecule has 1 aliphatic carbocycles. The van der Waals surface area contributed by atoms with Gasteiger partial charge in [0.1, 0.15) is 12.4 Å². The van der Waals surface area contributed by atoms with Crippen molar-refractivity contribution in [2.75, 3.05) is 6.61 Å². The summed E-state index contributed by atoms with van der Waals surface area (Å²) in [6, 6.07) is 14.4. The normalized spacial score (nSPS) is 15.9. The van der Waals surface area contributed by atoms with E-state index in [1.54, 1.807) is 6.08 Å². The first kappa shape index (κ1) is 17.5. The van der Waals surface area contributed by atoms with Gasteiger partial charge in [-0.25, -0.2) is 9.67 Å². The monoisotopic (exact) mass is 360 g/mol. The molecular formula is C22H24N4O. The fourth-order valence-electron chi connectivity index (χ4n) is 3.62. The summed E-state index contributed by atoms with van der Waals surface area (Å²) in [7, 11) is 0. The van der Waals surface area contributed by atoms with Gasteiger partial charge in [-0.05, 0) is 37.5 Å². The SMILES string of the molecule is C=CCOc1ccccc1CNC1CCCc2c1cnn2-c1ccccn1. The molecule has 2 heterocycles. The maximum atomic E-state index is 5.77. The zero-order valence-corrected chi connectivity index (χ0v) is 15.3. The predicted octanol–water partition coefficient (Wildman–Crippen LogP) is 4.00. The maximum Gasteiger partial charge on any atom is 0.153 e. The van der Waals surface area contributed by atoms with Gasteiger partial charge in [0.2, 0.25) is 0 Å². The topological polar surface area (TPSA) is 52.0 Å². The lowest BCUT2D eigenvalue weighted by Gasteiger charge is -2.24. The Bertz CT molecular complexity index is 904. The number of pyridine rings is 1. The Balaban J connectivity index is 1.51. The molecule has 138 valence electrons. The van der Waals surface area contributed by atoms with Crippen molar-refractivity contribution in [2.24, 2.45) is 0 Å². The zero-order chi connectivity index (χ0) is 18.5. The first-order chi connectivity index (χ1) is 13.4. The van der Waals surface area contributed by atoms with E-state index in [9.17, 15) is 0 Å². The third kappa shape index (κ3) is 3.78. The molecule has 0 spiro atoms. The average molecular weight is 360 g/mol. The number of para-hydroxylation sites is 1. The number of hydrogen-bond donors (Lipinski definition) is 1. The number of nitrogens with one attached hydrogen (secondary N) is 1. The van der Waals surface area contributed by atoms with E-state index in [1.165, 1.54) is 11.3 Å². The van der Waals surface area contributed by atoms with E-state index in [4.69, 9.17) is 4.74 Å². The highest BCUT2D eigenvalue weighted by Crippen LogP contribution is 2.31. The van der Waals surface area contributed by atoms with Crippen LogP contribution in [0.1, 0.15) is 35.7 Å². The molecule has 0 aliphatic heterocycles. The van der Waals surface area contributed by atoms with Crippen LogP contribution in [0.4, 0.5) is 0 Å². The van der Waals surface area contributed by atoms with Crippen LogP contribution in [0.5, 0.6) is 5.75 Å². The van der Waals surface area contributed by atoms with E-state index in [-0.39, 0.29) is 0 Å². The predicted molar refractivity (Wildman–Crippen MR) is 106 cm³/mol. The van der Waals surface area contributed by atoms with Gasteiger partial charge >= 0.3 is 0 Å². The van der Waals surface area contributed by atoms with Gasteiger partial charge in [0, 0.05) is 29.9 Å². The van der Waals surface area contributed by atoms with Crippen LogP contribution in [0, 0.1) is 0 Å². The van der Waals surface area contributed by atoms with E-state index in [1.807, 2.05) is 53.5 Å². The van der Waals surface area contributed by atoms with Gasteiger partial charge in [0.15, 0.2) is 5.82 Å². The molecule has 3 aromatic rings. The molecule has 0 radical (unpaired) electrons. The molecule has 5 nitrogen and oxygen atoms in total. The van der Waals surface area contributed by atoms with Crippen LogP contribution in [0.2, 0.25) is 0 Å². The molecular weight excluding hydrogens is 336 g/mol. The summed E-state index contributed by atoms with van der Waals surface area (Å²) < 4.78 is 7.75. The van der Waals surface area contributed by atoms with Crippen LogP contribution >= 0.6 is 0 Å². The Labute approximate surface area is 159 Å². The smallest absolute Gasteiger partial charge is 0.153 e. The summed E-state index contributed by atoms with van der Waals surface area (Å²) in [5, 5.41) is 8.31. The van der Waals surface area contributed by atoms with Crippen molar-refractivity contribution in [2.45, 2.75) is 31.8 Å². The number of fused-ring (bicyclic) bond motifs is 1. The Morgan fingerprint density at radius 1 is 1.22 bits per heavy atom. The standard InChI is InChI=1S/C22H24N4O/c1-2-14-27-21-11-4-3-8-17(21)15-24-19-9-7-10-20-18(19)16-25-26(20)22-12-5-6-13-23-22/h2-6,8,11-13,16,19,24H,1,7,9-10,14-15H2. The maximum absolute atomic E-state index is 5.77. The van der Waals surface area contributed by atoms with Gasteiger partial charge in [0.25, 0.3) is 0 Å². The molecule has 0 saturated carbocycles. The number of nitrogens with zero attached hydrogens (tertiary/aromatic N) is 3. The Morgan fingerprint density at radius 2 is 2.11 bits per heavy atom. The molecule has 0 bridgehead atoms. The molecule has 0 fully saturated rings. The van der Waals surface area contributed by atoms with Crippen LogP contribution in [0.3, 0.4) is 0 Å². The zero-order valence-electron chi connectivity index (χ0n) is 15.3. The van der Waals surface area contributed by atoms with E-state index in [0.29, 0.717) is 12.6 Å². The van der Waals surface area contributed by atoms with Crippen molar-refractivity contribution in [3.63, 3.8) is 0 Å². The van der Waals surface area contributed by atoms with Crippen molar-refractivity contribution >= 4 is 0 Å². The number of aromatic nitrogens is 3. The molecule has 27 heavy (non-hydrogen) atoms. The van der Waals surface area contributed by atoms with Crippen molar-refractivity contribution < 1.29 is 4.74 Å². The summed E-state index contributed by atoms with van der Waals surface area (Å²) in [5.74, 6) is 1.78. The summed E-state index contributed by atoms with van der Waals surface area (Å²) in [6.45, 7) is 4.99. The molecule has 1 aromatic carbocycles. The van der Waals surface area contributed by atoms with Crippen molar-refractivity contribution in [1.29, 1.82) is 0 Å². The molecule has 2 aromatic heterocycles. The van der Waals surface area contributed by atoms with Gasteiger partial charge in [-0.1, -0.05) is 36.9 Å². The first-order valence-electron chi connectivity index (χ1n) is 9.40. The van der Waals surface area contributed by atoms with Gasteiger partial charge < -0.3 is 10.1 Å². The van der Waals surface area contributed by atoms with Crippen molar-refractivity contribution in [3.05, 3.63) is 84.3 Å². The number of ether oxygens (including phenoxy) is 1. The van der Waals surface area contributed by atoms with Gasteiger partial charge in [-0.15, -0.1) is 0 Å². The average Bonchev–Trinajstić information content (AvgIpc) is 3.17. The van der Waals surface area contributed by atoms with Crippen molar-refractivity contribution in [1.82, 2.24) is 20.1 Å². The molecule has 0 amide bonds. The second-order valence-electron chi connectivity index (χ2n) is 6.68. The van der Waals surface area contributed by atoms with Crippen LogP contribution in [-0.4, -0.2) is 21.4 Å². The highest BCUT2D eigenvalue weighted by molar-refractivity contribution is 5.35. The summed E-state index contributed by atoms with van der Waals surface area (Å²) in [4.78, 5) is 4.44. The lowest BCUT2D eigenvalue weighted by molar-refractivity contribution is 0.355. The highest BCUT2D eigenvalue weighted by atomic mass is 16.5. The van der Waals surface area contributed by atoms with Gasteiger partial charge in [-0.2, -0.15) is 5.10 Å². The van der Waals surface area contributed by atoms with Crippen LogP contribution in [-0.2, 0) is 13.0 Å². The summed E-state index contributed by atoms with van der Waals surface area (Å²) >= 11 is 0. The minimum atomic E-state index is 0.290. The fraction of sp³-hybridized carbons (Fsp3) is 0.273. The molecule has 5 heteroatoms. The Morgan fingerprint density at radius 3 is 2.96 bits per heavy atom. The second-order valence-corrected chi connectivity index (χ2v) is 6.68. The molecule has 0 saturated heterocycles. The van der Waals surface area contributed by atoms with Crippen molar-refractivity contribution in [3.8, 4) is 11.6 Å². The van der Waals surface area contributed by atoms with E-state index < -0.39 is 0 Å². The second kappa shape index (κ2) is 8.18. The molecule has 1 N–H and O–H groups in total. The number of benzene rings is 1. The minimum Gasteiger partial charge on any atom is -0.489 e. The highest BCUT2D eigenvalue weighted by Gasteiger charge is 2.25. The third-order valence-electron chi connectivity index (χ3n) is 4.92. The van der Waals surface area contributed by atoms with Crippen LogP contribution in [0.15, 0.2) is 67.5 Å². The molecule has 1 aliphatic rings. The fourth-order valence-corrected chi connectivity index (χ4v) is 3.62. The third-order valence-corrected chi connectivity index (χ3v) is 4.92. The van der Waals surface area contributed by atoms with Crippen LogP contribution in [0.25, 0.3) is 5.82 Å². The molecule has 4 rings (SSSR count). The Hall–Kier alpha value is -2.92. The number of hydrogen-bond acceptors (Lipinski definition) is 4. The van der Waals surface area contributed by atoms with Gasteiger partial charge in [-0.3, -0.25) is 0 Å². The largest absolute Gasteiger partial charge is 0.489 e.